The summed E-state index contributed by atoms with van der Waals surface area (Å²) in [6, 6.07) is 8.16. The Morgan fingerprint density at radius 3 is 2.64 bits per heavy atom. The molecular formula is C17H18FNO3. The van der Waals surface area contributed by atoms with Crippen LogP contribution in [0.5, 0.6) is 5.75 Å². The zero-order valence-electron chi connectivity index (χ0n) is 12.7. The molecule has 0 fully saturated rings. The van der Waals surface area contributed by atoms with E-state index in [2.05, 4.69) is 0 Å². The summed E-state index contributed by atoms with van der Waals surface area (Å²) in [6.07, 6.45) is 1.59. The Morgan fingerprint density at radius 2 is 1.95 bits per heavy atom. The lowest BCUT2D eigenvalue weighted by Crippen LogP contribution is -2.60. The molecule has 0 amide bonds. The van der Waals surface area contributed by atoms with Gasteiger partial charge in [-0.05, 0) is 45.0 Å². The summed E-state index contributed by atoms with van der Waals surface area (Å²) in [5.41, 5.74) is -2.16. The fourth-order valence-corrected chi connectivity index (χ4v) is 2.91. The first kappa shape index (κ1) is 14.8. The Labute approximate surface area is 127 Å². The summed E-state index contributed by atoms with van der Waals surface area (Å²) in [6.45, 7) is 5.10. The van der Waals surface area contributed by atoms with Gasteiger partial charge in [0.25, 0.3) is 5.56 Å². The molecule has 1 aliphatic rings. The van der Waals surface area contributed by atoms with Crippen molar-refractivity contribution >= 4 is 0 Å². The summed E-state index contributed by atoms with van der Waals surface area (Å²) in [4.78, 5) is 12.2. The Balaban J connectivity index is 2.32. The summed E-state index contributed by atoms with van der Waals surface area (Å²) in [7, 11) is 0. The first-order chi connectivity index (χ1) is 10.2. The Morgan fingerprint density at radius 1 is 1.23 bits per heavy atom. The Kier molecular flexibility index (Phi) is 3.14. The fourth-order valence-electron chi connectivity index (χ4n) is 2.91. The normalized spacial score (nSPS) is 26.1. The number of fused-ring (bicyclic) bond motifs is 1. The molecule has 1 aromatic carbocycles. The fraction of sp³-hybridized carbons (Fsp3) is 0.353. The van der Waals surface area contributed by atoms with Gasteiger partial charge in [0.05, 0.1) is 6.04 Å². The molecule has 0 spiro atoms. The molecule has 0 aliphatic carbocycles. The number of ether oxygens (including phenoxy) is 1. The minimum absolute atomic E-state index is 0.263. The Bertz CT molecular complexity index is 779. The summed E-state index contributed by atoms with van der Waals surface area (Å²) >= 11 is 0. The minimum Gasteiger partial charge on any atom is -0.484 e. The van der Waals surface area contributed by atoms with E-state index in [1.54, 1.807) is 39.1 Å². The molecule has 3 rings (SSSR count). The van der Waals surface area contributed by atoms with Gasteiger partial charge in [0.1, 0.15) is 22.8 Å². The predicted molar refractivity (Wildman–Crippen MR) is 80.6 cm³/mol. The van der Waals surface area contributed by atoms with E-state index in [0.29, 0.717) is 11.3 Å². The highest BCUT2D eigenvalue weighted by atomic mass is 19.1. The smallest absolute Gasteiger partial charge is 0.251 e. The molecule has 0 saturated heterocycles. The number of rotatable bonds is 1. The molecular weight excluding hydrogens is 285 g/mol. The maximum absolute atomic E-state index is 13.7. The molecule has 0 bridgehead atoms. The van der Waals surface area contributed by atoms with Crippen molar-refractivity contribution in [3.8, 4) is 5.75 Å². The zero-order chi connectivity index (χ0) is 16.1. The van der Waals surface area contributed by atoms with E-state index in [1.165, 1.54) is 28.8 Å². The van der Waals surface area contributed by atoms with Gasteiger partial charge in [-0.25, -0.2) is 4.39 Å². The largest absolute Gasteiger partial charge is 0.484 e. The van der Waals surface area contributed by atoms with E-state index < -0.39 is 23.1 Å². The Hall–Kier alpha value is -2.14. The van der Waals surface area contributed by atoms with Crippen molar-refractivity contribution in [2.45, 2.75) is 38.0 Å². The van der Waals surface area contributed by atoms with Crippen LogP contribution in [0.25, 0.3) is 0 Å². The van der Waals surface area contributed by atoms with Gasteiger partial charge in [-0.2, -0.15) is 0 Å². The van der Waals surface area contributed by atoms with Crippen LogP contribution in [0.2, 0.25) is 0 Å². The second kappa shape index (κ2) is 4.68. The summed E-state index contributed by atoms with van der Waals surface area (Å²) in [5, 5.41) is 11.1. The van der Waals surface area contributed by atoms with Crippen LogP contribution in [0.3, 0.4) is 0 Å². The van der Waals surface area contributed by atoms with Gasteiger partial charge in [0.15, 0.2) is 0 Å². The van der Waals surface area contributed by atoms with E-state index in [9.17, 15) is 14.3 Å². The van der Waals surface area contributed by atoms with Crippen LogP contribution in [-0.2, 0) is 0 Å². The number of benzene rings is 1. The molecule has 116 valence electrons. The van der Waals surface area contributed by atoms with E-state index in [0.717, 1.165) is 0 Å². The first-order valence-corrected chi connectivity index (χ1v) is 7.12. The molecule has 0 radical (unpaired) electrons. The predicted octanol–water partition coefficient (Wildman–Crippen LogP) is 2.50. The molecule has 4 nitrogen and oxygen atoms in total. The molecule has 2 heterocycles. The summed E-state index contributed by atoms with van der Waals surface area (Å²) in [5.74, 6) is 0.0329. The standard InChI is InChI=1S/C17H18FNO3/c1-16(2)17(3,21)15(19-9-5-4-6-14(19)20)12-10-11(18)7-8-13(12)22-16/h4-10,15,21H,1-3H3. The third-order valence-corrected chi connectivity index (χ3v) is 4.51. The lowest BCUT2D eigenvalue weighted by atomic mass is 9.75. The van der Waals surface area contributed by atoms with Crippen LogP contribution >= 0.6 is 0 Å². The first-order valence-electron chi connectivity index (χ1n) is 7.12. The molecule has 1 aromatic heterocycles. The van der Waals surface area contributed by atoms with Crippen molar-refractivity contribution in [1.29, 1.82) is 0 Å². The maximum atomic E-state index is 13.7. The highest BCUT2D eigenvalue weighted by Gasteiger charge is 2.53. The molecule has 2 unspecified atom stereocenters. The van der Waals surface area contributed by atoms with Crippen LogP contribution < -0.4 is 10.3 Å². The molecule has 0 saturated carbocycles. The van der Waals surface area contributed by atoms with Crippen LogP contribution in [0.4, 0.5) is 4.39 Å². The quantitative estimate of drug-likeness (QED) is 0.880. The van der Waals surface area contributed by atoms with Gasteiger partial charge in [0.2, 0.25) is 0 Å². The van der Waals surface area contributed by atoms with Gasteiger partial charge < -0.3 is 14.4 Å². The van der Waals surface area contributed by atoms with E-state index >= 15 is 0 Å². The molecule has 2 aromatic rings. The second-order valence-electron chi connectivity index (χ2n) is 6.29. The zero-order valence-corrected chi connectivity index (χ0v) is 12.7. The second-order valence-corrected chi connectivity index (χ2v) is 6.29. The van der Waals surface area contributed by atoms with Gasteiger partial charge in [-0.15, -0.1) is 0 Å². The number of hydrogen-bond donors (Lipinski definition) is 1. The number of halogens is 1. The van der Waals surface area contributed by atoms with E-state index in [4.69, 9.17) is 4.74 Å². The van der Waals surface area contributed by atoms with Crippen LogP contribution in [-0.4, -0.2) is 20.9 Å². The van der Waals surface area contributed by atoms with Gasteiger partial charge in [-0.3, -0.25) is 4.79 Å². The molecule has 5 heteroatoms. The highest BCUT2D eigenvalue weighted by molar-refractivity contribution is 5.42. The van der Waals surface area contributed by atoms with E-state index in [1.807, 2.05) is 0 Å². The SMILES string of the molecule is CC1(C)Oc2ccc(F)cc2C(n2ccccc2=O)C1(C)O. The van der Waals surface area contributed by atoms with Gasteiger partial charge >= 0.3 is 0 Å². The number of hydrogen-bond acceptors (Lipinski definition) is 3. The van der Waals surface area contributed by atoms with Crippen LogP contribution in [0.15, 0.2) is 47.4 Å². The maximum Gasteiger partial charge on any atom is 0.251 e. The lowest BCUT2D eigenvalue weighted by Gasteiger charge is -2.49. The molecule has 1 N–H and O–H groups in total. The van der Waals surface area contributed by atoms with Crippen molar-refractivity contribution in [3.05, 3.63) is 64.3 Å². The monoisotopic (exact) mass is 303 g/mol. The number of aliphatic hydroxyl groups is 1. The average Bonchev–Trinajstić information content (AvgIpc) is 2.42. The van der Waals surface area contributed by atoms with Crippen molar-refractivity contribution in [3.63, 3.8) is 0 Å². The lowest BCUT2D eigenvalue weighted by molar-refractivity contribution is -0.139. The van der Waals surface area contributed by atoms with Crippen molar-refractivity contribution in [2.75, 3.05) is 0 Å². The molecule has 2 atom stereocenters. The molecule has 1 aliphatic heterocycles. The minimum atomic E-state index is -1.40. The number of nitrogens with zero attached hydrogens (tertiary/aromatic N) is 1. The average molecular weight is 303 g/mol. The van der Waals surface area contributed by atoms with Crippen LogP contribution in [0.1, 0.15) is 32.4 Å². The van der Waals surface area contributed by atoms with Crippen molar-refractivity contribution < 1.29 is 14.2 Å². The topological polar surface area (TPSA) is 51.5 Å². The van der Waals surface area contributed by atoms with Gasteiger partial charge in [0, 0.05) is 17.8 Å². The summed E-state index contributed by atoms with van der Waals surface area (Å²) < 4.78 is 21.0. The highest BCUT2D eigenvalue weighted by Crippen LogP contribution is 2.47. The number of pyridine rings is 1. The third-order valence-electron chi connectivity index (χ3n) is 4.51. The number of aromatic nitrogens is 1. The van der Waals surface area contributed by atoms with Crippen molar-refractivity contribution in [2.24, 2.45) is 0 Å². The molecule has 22 heavy (non-hydrogen) atoms. The van der Waals surface area contributed by atoms with Gasteiger partial charge in [-0.1, -0.05) is 6.07 Å². The van der Waals surface area contributed by atoms with Crippen molar-refractivity contribution in [1.82, 2.24) is 4.57 Å². The van der Waals surface area contributed by atoms with Crippen LogP contribution in [0, 0.1) is 5.82 Å². The van der Waals surface area contributed by atoms with E-state index in [-0.39, 0.29) is 5.56 Å². The third kappa shape index (κ3) is 2.04.